The van der Waals surface area contributed by atoms with Crippen molar-refractivity contribution in [3.63, 3.8) is 0 Å². The zero-order chi connectivity index (χ0) is 13.7. The second-order valence-electron chi connectivity index (χ2n) is 5.72. The zero-order valence-electron chi connectivity index (χ0n) is 11.5. The van der Waals surface area contributed by atoms with E-state index in [1.165, 1.54) is 40.7 Å². The van der Waals surface area contributed by atoms with Crippen LogP contribution in [0.1, 0.15) is 29.7 Å². The Labute approximate surface area is 126 Å². The highest BCUT2D eigenvalue weighted by Gasteiger charge is 2.26. The van der Waals surface area contributed by atoms with Gasteiger partial charge in [0.15, 0.2) is 0 Å². The van der Waals surface area contributed by atoms with Gasteiger partial charge >= 0.3 is 0 Å². The predicted molar refractivity (Wildman–Crippen MR) is 84.2 cm³/mol. The molecule has 0 amide bonds. The summed E-state index contributed by atoms with van der Waals surface area (Å²) in [6.07, 6.45) is 3.45. The smallest absolute Gasteiger partial charge is 0.0766 e. The van der Waals surface area contributed by atoms with Crippen molar-refractivity contribution in [1.82, 2.24) is 4.98 Å². The molecule has 1 aromatic carbocycles. The van der Waals surface area contributed by atoms with Crippen molar-refractivity contribution in [3.8, 4) is 0 Å². The molecule has 0 unspecified atom stereocenters. The van der Waals surface area contributed by atoms with E-state index in [1.54, 1.807) is 0 Å². The summed E-state index contributed by atoms with van der Waals surface area (Å²) >= 11 is 3.70. The fourth-order valence-corrected chi connectivity index (χ4v) is 3.36. The lowest BCUT2D eigenvalue weighted by Gasteiger charge is -2.23. The van der Waals surface area contributed by atoms with Crippen molar-refractivity contribution in [1.29, 1.82) is 0 Å². The molecule has 0 saturated heterocycles. The molecule has 0 spiro atoms. The number of fused-ring (bicyclic) bond motifs is 2. The maximum atomic E-state index is 5.66. The minimum absolute atomic E-state index is 0.624. The summed E-state index contributed by atoms with van der Waals surface area (Å²) in [4.78, 5) is 4.91. The number of nitrogens with one attached hydrogen (secondary N) is 1. The van der Waals surface area contributed by atoms with Crippen LogP contribution in [0.2, 0.25) is 0 Å². The number of hydrogen-bond donors (Lipinski definition) is 1. The van der Waals surface area contributed by atoms with Crippen LogP contribution in [-0.2, 0) is 17.8 Å². The maximum absolute atomic E-state index is 5.66. The summed E-state index contributed by atoms with van der Waals surface area (Å²) in [6.45, 7) is 3.59. The minimum atomic E-state index is 0.624. The van der Waals surface area contributed by atoms with Crippen molar-refractivity contribution >= 4 is 32.5 Å². The maximum Gasteiger partial charge on any atom is 0.0766 e. The van der Waals surface area contributed by atoms with Crippen LogP contribution in [0.4, 0.5) is 5.69 Å². The Bertz CT molecular complexity index is 695. The number of aryl methyl sites for hydroxylation is 1. The summed E-state index contributed by atoms with van der Waals surface area (Å²) in [7, 11) is 0. The first-order valence-corrected chi connectivity index (χ1v) is 7.98. The van der Waals surface area contributed by atoms with Crippen LogP contribution >= 0.6 is 15.9 Å². The molecule has 20 heavy (non-hydrogen) atoms. The van der Waals surface area contributed by atoms with Crippen LogP contribution in [0, 0.1) is 6.92 Å². The van der Waals surface area contributed by atoms with E-state index >= 15 is 0 Å². The largest absolute Gasteiger partial charge is 0.381 e. The van der Waals surface area contributed by atoms with Gasteiger partial charge in [0.1, 0.15) is 0 Å². The number of rotatable bonds is 2. The number of pyridine rings is 1. The first-order valence-electron chi connectivity index (χ1n) is 7.19. The van der Waals surface area contributed by atoms with E-state index < -0.39 is 0 Å². The van der Waals surface area contributed by atoms with Gasteiger partial charge in [0.2, 0.25) is 0 Å². The standard InChI is InChI=1S/C16H17BrN2O/c1-9-2-5-12(17)14-15(9)19-13-6-7-20-8-11(13)16(14)18-10-3-4-10/h2,5,10H,3-4,6-8H2,1H3,(H,18,19). The van der Waals surface area contributed by atoms with E-state index in [0.29, 0.717) is 12.6 Å². The SMILES string of the molecule is Cc1ccc(Br)c2c(NC3CC3)c3c(nc12)CCOC3. The van der Waals surface area contributed by atoms with Gasteiger partial charge in [-0.2, -0.15) is 0 Å². The Kier molecular flexibility index (Phi) is 2.97. The lowest BCUT2D eigenvalue weighted by Crippen LogP contribution is -2.16. The minimum Gasteiger partial charge on any atom is -0.381 e. The van der Waals surface area contributed by atoms with Gasteiger partial charge in [0, 0.05) is 27.9 Å². The Morgan fingerprint density at radius 2 is 2.20 bits per heavy atom. The van der Waals surface area contributed by atoms with Gasteiger partial charge in [0.05, 0.1) is 30.1 Å². The molecule has 1 aromatic heterocycles. The van der Waals surface area contributed by atoms with Crippen LogP contribution in [0.15, 0.2) is 16.6 Å². The van der Waals surface area contributed by atoms with Gasteiger partial charge in [-0.25, -0.2) is 0 Å². The molecule has 1 aliphatic carbocycles. The number of anilines is 1. The molecule has 2 aliphatic rings. The normalized spacial score (nSPS) is 18.1. The summed E-state index contributed by atoms with van der Waals surface area (Å²) in [6, 6.07) is 4.87. The Balaban J connectivity index is 2.03. The summed E-state index contributed by atoms with van der Waals surface area (Å²) in [5.74, 6) is 0. The van der Waals surface area contributed by atoms with E-state index in [-0.39, 0.29) is 0 Å². The third-order valence-corrected chi connectivity index (χ3v) is 4.79. The van der Waals surface area contributed by atoms with Gasteiger partial charge in [-0.15, -0.1) is 0 Å². The molecule has 0 bridgehead atoms. The summed E-state index contributed by atoms with van der Waals surface area (Å²) in [5.41, 5.74) is 6.04. The molecule has 3 nitrogen and oxygen atoms in total. The van der Waals surface area contributed by atoms with Gasteiger partial charge in [-0.3, -0.25) is 4.98 Å². The highest BCUT2D eigenvalue weighted by atomic mass is 79.9. The second-order valence-corrected chi connectivity index (χ2v) is 6.58. The number of nitrogens with zero attached hydrogens (tertiary/aromatic N) is 1. The monoisotopic (exact) mass is 332 g/mol. The van der Waals surface area contributed by atoms with E-state index in [9.17, 15) is 0 Å². The lowest BCUT2D eigenvalue weighted by atomic mass is 10.0. The highest BCUT2D eigenvalue weighted by molar-refractivity contribution is 9.10. The number of halogens is 1. The fraction of sp³-hybridized carbons (Fsp3) is 0.438. The van der Waals surface area contributed by atoms with Crippen LogP contribution < -0.4 is 5.32 Å². The van der Waals surface area contributed by atoms with Crippen molar-refractivity contribution < 1.29 is 4.74 Å². The summed E-state index contributed by atoms with van der Waals surface area (Å²) < 4.78 is 6.78. The highest BCUT2D eigenvalue weighted by Crippen LogP contribution is 2.39. The molecule has 2 heterocycles. The van der Waals surface area contributed by atoms with E-state index in [2.05, 4.69) is 40.3 Å². The molecular weight excluding hydrogens is 316 g/mol. The third-order valence-electron chi connectivity index (χ3n) is 4.13. The molecule has 1 N–H and O–H groups in total. The van der Waals surface area contributed by atoms with Crippen LogP contribution in [0.25, 0.3) is 10.9 Å². The number of benzene rings is 1. The molecule has 4 heteroatoms. The van der Waals surface area contributed by atoms with Crippen molar-refractivity contribution in [2.24, 2.45) is 0 Å². The molecular formula is C16H17BrN2O. The van der Waals surface area contributed by atoms with Gasteiger partial charge in [-0.1, -0.05) is 22.0 Å². The van der Waals surface area contributed by atoms with E-state index in [4.69, 9.17) is 9.72 Å². The topological polar surface area (TPSA) is 34.2 Å². The van der Waals surface area contributed by atoms with Crippen LogP contribution in [0.5, 0.6) is 0 Å². The Morgan fingerprint density at radius 3 is 3.00 bits per heavy atom. The Morgan fingerprint density at radius 1 is 1.35 bits per heavy atom. The van der Waals surface area contributed by atoms with Crippen molar-refractivity contribution in [3.05, 3.63) is 33.4 Å². The quantitative estimate of drug-likeness (QED) is 0.903. The number of aromatic nitrogens is 1. The molecule has 104 valence electrons. The summed E-state index contributed by atoms with van der Waals surface area (Å²) in [5, 5.41) is 4.91. The van der Waals surface area contributed by atoms with Gasteiger partial charge in [-0.05, 0) is 31.4 Å². The van der Waals surface area contributed by atoms with Crippen molar-refractivity contribution in [2.45, 2.75) is 38.8 Å². The molecule has 0 atom stereocenters. The fourth-order valence-electron chi connectivity index (χ4n) is 2.85. The van der Waals surface area contributed by atoms with Crippen LogP contribution in [0.3, 0.4) is 0 Å². The van der Waals surface area contributed by atoms with E-state index in [0.717, 1.165) is 23.0 Å². The first-order chi connectivity index (χ1) is 9.74. The van der Waals surface area contributed by atoms with Crippen molar-refractivity contribution in [2.75, 3.05) is 11.9 Å². The zero-order valence-corrected chi connectivity index (χ0v) is 13.1. The van der Waals surface area contributed by atoms with Gasteiger partial charge in [0.25, 0.3) is 0 Å². The third kappa shape index (κ3) is 2.02. The Hall–Kier alpha value is -1.13. The molecule has 2 aromatic rings. The average molecular weight is 333 g/mol. The average Bonchev–Trinajstić information content (AvgIpc) is 3.27. The second kappa shape index (κ2) is 4.71. The number of ether oxygens (including phenoxy) is 1. The lowest BCUT2D eigenvalue weighted by molar-refractivity contribution is 0.110. The number of hydrogen-bond acceptors (Lipinski definition) is 3. The molecule has 1 saturated carbocycles. The molecule has 1 fully saturated rings. The molecule has 4 rings (SSSR count). The van der Waals surface area contributed by atoms with Crippen LogP contribution in [-0.4, -0.2) is 17.6 Å². The van der Waals surface area contributed by atoms with E-state index in [1.807, 2.05) is 0 Å². The van der Waals surface area contributed by atoms with Gasteiger partial charge < -0.3 is 10.1 Å². The molecule has 0 radical (unpaired) electrons. The first kappa shape index (κ1) is 12.6. The predicted octanol–water partition coefficient (Wildman–Crippen LogP) is 3.95. The molecule has 1 aliphatic heterocycles.